The molecule has 0 aliphatic rings. The van der Waals surface area contributed by atoms with Crippen molar-refractivity contribution in [1.82, 2.24) is 0 Å². The zero-order chi connectivity index (χ0) is 15.0. The van der Waals surface area contributed by atoms with Gasteiger partial charge in [0.25, 0.3) is 0 Å². The van der Waals surface area contributed by atoms with Crippen molar-refractivity contribution in [3.8, 4) is 11.5 Å². The van der Waals surface area contributed by atoms with E-state index >= 15 is 0 Å². The zero-order valence-electron chi connectivity index (χ0n) is 12.1. The Bertz CT molecular complexity index is 434. The molecule has 0 saturated carbocycles. The molecule has 5 nitrogen and oxygen atoms in total. The molecule has 0 aromatic heterocycles. The average Bonchev–Trinajstić information content (AvgIpc) is 2.43. The van der Waals surface area contributed by atoms with Crippen LogP contribution in [0.3, 0.4) is 0 Å². The minimum atomic E-state index is -0.751. The maximum absolute atomic E-state index is 10.4. The Hall–Kier alpha value is -1.75. The molecule has 0 spiro atoms. The lowest BCUT2D eigenvalue weighted by Gasteiger charge is -2.13. The van der Waals surface area contributed by atoms with Gasteiger partial charge >= 0.3 is 5.97 Å². The molecule has 20 heavy (non-hydrogen) atoms. The third-order valence-electron chi connectivity index (χ3n) is 3.16. The molecular weight excluding hydrogens is 258 g/mol. The van der Waals surface area contributed by atoms with E-state index in [0.717, 1.165) is 24.8 Å². The van der Waals surface area contributed by atoms with E-state index in [1.165, 1.54) is 0 Å². The molecule has 0 saturated heterocycles. The third kappa shape index (κ3) is 5.48. The lowest BCUT2D eigenvalue weighted by molar-refractivity contribution is -0.137. The Kier molecular flexibility index (Phi) is 6.87. The predicted octanol–water partition coefficient (Wildman–Crippen LogP) is 2.22. The second kappa shape index (κ2) is 8.43. The van der Waals surface area contributed by atoms with Crippen LogP contribution >= 0.6 is 0 Å². The smallest absolute Gasteiger partial charge is 0.303 e. The number of carboxylic acid groups (broad SMARTS) is 1. The number of nitrogens with two attached hydrogens (primary N) is 1. The number of methoxy groups -OCH3 is 2. The lowest BCUT2D eigenvalue weighted by atomic mass is 10.0. The fourth-order valence-corrected chi connectivity index (χ4v) is 2.10. The van der Waals surface area contributed by atoms with E-state index in [1.807, 2.05) is 18.2 Å². The van der Waals surface area contributed by atoms with E-state index in [2.05, 4.69) is 0 Å². The highest BCUT2D eigenvalue weighted by Crippen LogP contribution is 2.28. The fourth-order valence-electron chi connectivity index (χ4n) is 2.10. The molecule has 3 N–H and O–H groups in total. The summed E-state index contributed by atoms with van der Waals surface area (Å²) in [6.07, 6.45) is 3.29. The van der Waals surface area contributed by atoms with Crippen LogP contribution in [0.5, 0.6) is 11.5 Å². The van der Waals surface area contributed by atoms with E-state index < -0.39 is 5.97 Å². The maximum atomic E-state index is 10.4. The van der Waals surface area contributed by atoms with Crippen LogP contribution in [0.2, 0.25) is 0 Å². The molecule has 0 fully saturated rings. The number of carbonyl (C=O) groups is 1. The van der Waals surface area contributed by atoms with Gasteiger partial charge in [0.1, 0.15) is 0 Å². The van der Waals surface area contributed by atoms with Crippen LogP contribution in [0.15, 0.2) is 18.2 Å². The van der Waals surface area contributed by atoms with Gasteiger partial charge in [0.15, 0.2) is 11.5 Å². The van der Waals surface area contributed by atoms with Crippen LogP contribution in [0.4, 0.5) is 0 Å². The fraction of sp³-hybridized carbons (Fsp3) is 0.533. The van der Waals surface area contributed by atoms with Crippen molar-refractivity contribution in [3.05, 3.63) is 23.8 Å². The number of carboxylic acids is 1. The first-order valence-electron chi connectivity index (χ1n) is 6.75. The van der Waals surface area contributed by atoms with E-state index in [1.54, 1.807) is 14.2 Å². The van der Waals surface area contributed by atoms with Crippen molar-refractivity contribution in [2.75, 3.05) is 14.2 Å². The predicted molar refractivity (Wildman–Crippen MR) is 77.3 cm³/mol. The molecule has 0 aliphatic heterocycles. The Morgan fingerprint density at radius 1 is 1.25 bits per heavy atom. The number of rotatable bonds is 9. The van der Waals surface area contributed by atoms with E-state index in [9.17, 15) is 4.79 Å². The summed E-state index contributed by atoms with van der Waals surface area (Å²) < 4.78 is 10.4. The molecule has 112 valence electrons. The quantitative estimate of drug-likeness (QED) is 0.678. The topological polar surface area (TPSA) is 81.8 Å². The number of benzene rings is 1. The molecular formula is C15H23NO4. The van der Waals surface area contributed by atoms with Crippen molar-refractivity contribution in [1.29, 1.82) is 0 Å². The summed E-state index contributed by atoms with van der Waals surface area (Å²) in [5.41, 5.74) is 7.16. The summed E-state index contributed by atoms with van der Waals surface area (Å²) in [5, 5.41) is 8.56. The van der Waals surface area contributed by atoms with Crippen LogP contribution in [0.25, 0.3) is 0 Å². The largest absolute Gasteiger partial charge is 0.493 e. The monoisotopic (exact) mass is 281 g/mol. The molecule has 0 radical (unpaired) electrons. The summed E-state index contributed by atoms with van der Waals surface area (Å²) >= 11 is 0. The van der Waals surface area contributed by atoms with E-state index in [-0.39, 0.29) is 12.5 Å². The minimum absolute atomic E-state index is 0.0295. The Morgan fingerprint density at radius 3 is 2.55 bits per heavy atom. The van der Waals surface area contributed by atoms with Crippen molar-refractivity contribution in [2.24, 2.45) is 5.73 Å². The van der Waals surface area contributed by atoms with Crippen LogP contribution in [0.1, 0.15) is 31.2 Å². The summed E-state index contributed by atoms with van der Waals surface area (Å²) in [5.74, 6) is 0.646. The molecule has 1 aromatic rings. The minimum Gasteiger partial charge on any atom is -0.493 e. The van der Waals surface area contributed by atoms with Gasteiger partial charge in [-0.1, -0.05) is 12.5 Å². The second-order valence-electron chi connectivity index (χ2n) is 4.79. The third-order valence-corrected chi connectivity index (χ3v) is 3.16. The first kappa shape index (κ1) is 16.3. The maximum Gasteiger partial charge on any atom is 0.303 e. The van der Waals surface area contributed by atoms with Gasteiger partial charge < -0.3 is 20.3 Å². The van der Waals surface area contributed by atoms with Gasteiger partial charge in [-0.05, 0) is 37.0 Å². The molecule has 1 aromatic carbocycles. The summed E-state index contributed by atoms with van der Waals surface area (Å²) in [7, 11) is 3.21. The number of hydrogen-bond donors (Lipinski definition) is 2. The highest BCUT2D eigenvalue weighted by atomic mass is 16.5. The van der Waals surface area contributed by atoms with E-state index in [0.29, 0.717) is 17.9 Å². The summed E-state index contributed by atoms with van der Waals surface area (Å²) in [6, 6.07) is 5.79. The van der Waals surface area contributed by atoms with Crippen LogP contribution in [0, 0.1) is 0 Å². The van der Waals surface area contributed by atoms with Gasteiger partial charge in [-0.2, -0.15) is 0 Å². The van der Waals surface area contributed by atoms with Crippen molar-refractivity contribution >= 4 is 5.97 Å². The van der Waals surface area contributed by atoms with Gasteiger partial charge in [-0.25, -0.2) is 0 Å². The first-order chi connectivity index (χ1) is 9.56. The molecule has 1 unspecified atom stereocenters. The van der Waals surface area contributed by atoms with Gasteiger partial charge in [0.05, 0.1) is 14.2 Å². The van der Waals surface area contributed by atoms with Gasteiger partial charge in [-0.3, -0.25) is 4.79 Å². The van der Waals surface area contributed by atoms with E-state index in [4.69, 9.17) is 20.3 Å². The number of aliphatic carboxylic acids is 1. The SMILES string of the molecule is COc1ccc(CC(N)CCCCC(=O)O)cc1OC. The van der Waals surface area contributed by atoms with Crippen molar-refractivity contribution in [3.63, 3.8) is 0 Å². The van der Waals surface area contributed by atoms with Crippen LogP contribution in [-0.2, 0) is 11.2 Å². The molecule has 0 amide bonds. The average molecular weight is 281 g/mol. The number of hydrogen-bond acceptors (Lipinski definition) is 4. The molecule has 5 heteroatoms. The summed E-state index contributed by atoms with van der Waals surface area (Å²) in [4.78, 5) is 10.4. The van der Waals surface area contributed by atoms with Crippen molar-refractivity contribution in [2.45, 2.75) is 38.1 Å². The lowest BCUT2D eigenvalue weighted by Crippen LogP contribution is -2.22. The Labute approximate surface area is 119 Å². The second-order valence-corrected chi connectivity index (χ2v) is 4.79. The molecule has 0 heterocycles. The highest BCUT2D eigenvalue weighted by Gasteiger charge is 2.08. The summed E-state index contributed by atoms with van der Waals surface area (Å²) in [6.45, 7) is 0. The number of unbranched alkanes of at least 4 members (excludes halogenated alkanes) is 1. The van der Waals surface area contributed by atoms with Gasteiger partial charge in [0.2, 0.25) is 0 Å². The van der Waals surface area contributed by atoms with Gasteiger partial charge in [-0.15, -0.1) is 0 Å². The molecule has 0 aliphatic carbocycles. The molecule has 1 rings (SSSR count). The molecule has 1 atom stereocenters. The van der Waals surface area contributed by atoms with Crippen molar-refractivity contribution < 1.29 is 19.4 Å². The molecule has 0 bridgehead atoms. The van der Waals surface area contributed by atoms with Gasteiger partial charge in [0, 0.05) is 12.5 Å². The van der Waals surface area contributed by atoms with Crippen LogP contribution in [-0.4, -0.2) is 31.3 Å². The highest BCUT2D eigenvalue weighted by molar-refractivity contribution is 5.66. The Balaban J connectivity index is 2.45. The first-order valence-corrected chi connectivity index (χ1v) is 6.75. The standard InChI is InChI=1S/C15H23NO4/c1-19-13-8-7-11(10-14(13)20-2)9-12(16)5-3-4-6-15(17)18/h7-8,10,12H,3-6,9,16H2,1-2H3,(H,17,18). The van der Waals surface area contributed by atoms with Crippen LogP contribution < -0.4 is 15.2 Å². The normalized spacial score (nSPS) is 11.9. The number of ether oxygens (including phenoxy) is 2. The Morgan fingerprint density at radius 2 is 1.95 bits per heavy atom. The zero-order valence-corrected chi connectivity index (χ0v) is 12.1.